The van der Waals surface area contributed by atoms with Gasteiger partial charge in [0, 0.05) is 31.4 Å². The van der Waals surface area contributed by atoms with Crippen molar-refractivity contribution in [3.8, 4) is 0 Å². The maximum absolute atomic E-state index is 5.63. The summed E-state index contributed by atoms with van der Waals surface area (Å²) in [5.74, 6) is 0. The van der Waals surface area contributed by atoms with Crippen LogP contribution in [-0.4, -0.2) is 22.0 Å². The van der Waals surface area contributed by atoms with Gasteiger partial charge < -0.3 is 5.73 Å². The minimum atomic E-state index is 0.527. The molecule has 1 aromatic heterocycles. The van der Waals surface area contributed by atoms with Crippen LogP contribution in [0.15, 0.2) is 18.3 Å². The third-order valence-electron chi connectivity index (χ3n) is 3.83. The van der Waals surface area contributed by atoms with Crippen LogP contribution in [-0.2, 0) is 13.1 Å². The largest absolute Gasteiger partial charge is 0.325 e. The van der Waals surface area contributed by atoms with E-state index in [1.165, 1.54) is 24.8 Å². The van der Waals surface area contributed by atoms with Gasteiger partial charge in [0.05, 0.1) is 5.69 Å². The standard InChI is InChI=1S/C14H23N3/c1-11-4-3-5-12(2)17(11)10-13-6-7-16-14(8-13)9-15/h6-8,11-12H,3-5,9-10,15H2,1-2H3. The van der Waals surface area contributed by atoms with E-state index in [0.717, 1.165) is 12.2 Å². The Hall–Kier alpha value is -0.930. The van der Waals surface area contributed by atoms with E-state index in [9.17, 15) is 0 Å². The van der Waals surface area contributed by atoms with E-state index in [2.05, 4.69) is 35.9 Å². The summed E-state index contributed by atoms with van der Waals surface area (Å²) in [6, 6.07) is 5.61. The van der Waals surface area contributed by atoms with Gasteiger partial charge in [-0.2, -0.15) is 0 Å². The molecule has 2 rings (SSSR count). The van der Waals surface area contributed by atoms with Gasteiger partial charge in [-0.1, -0.05) is 6.42 Å². The van der Waals surface area contributed by atoms with Gasteiger partial charge in [-0.3, -0.25) is 9.88 Å². The monoisotopic (exact) mass is 233 g/mol. The Morgan fingerprint density at radius 3 is 2.71 bits per heavy atom. The molecule has 1 saturated heterocycles. The first-order valence-electron chi connectivity index (χ1n) is 6.60. The van der Waals surface area contributed by atoms with E-state index in [1.807, 2.05) is 6.20 Å². The molecule has 0 aliphatic carbocycles. The van der Waals surface area contributed by atoms with E-state index in [-0.39, 0.29) is 0 Å². The third-order valence-corrected chi connectivity index (χ3v) is 3.83. The van der Waals surface area contributed by atoms with Crippen molar-refractivity contribution in [2.75, 3.05) is 0 Å². The van der Waals surface area contributed by atoms with Crippen molar-refractivity contribution in [3.05, 3.63) is 29.6 Å². The smallest absolute Gasteiger partial charge is 0.0542 e. The van der Waals surface area contributed by atoms with Gasteiger partial charge >= 0.3 is 0 Å². The Balaban J connectivity index is 2.07. The second-order valence-corrected chi connectivity index (χ2v) is 5.16. The summed E-state index contributed by atoms with van der Waals surface area (Å²) in [7, 11) is 0. The fourth-order valence-corrected chi connectivity index (χ4v) is 2.74. The molecule has 1 aliphatic heterocycles. The highest BCUT2D eigenvalue weighted by molar-refractivity contribution is 5.16. The van der Waals surface area contributed by atoms with Crippen molar-refractivity contribution >= 4 is 0 Å². The predicted molar refractivity (Wildman–Crippen MR) is 70.4 cm³/mol. The molecule has 94 valence electrons. The van der Waals surface area contributed by atoms with Crippen molar-refractivity contribution in [1.29, 1.82) is 0 Å². The van der Waals surface area contributed by atoms with E-state index < -0.39 is 0 Å². The number of aromatic nitrogens is 1. The van der Waals surface area contributed by atoms with Crippen LogP contribution in [0.4, 0.5) is 0 Å². The van der Waals surface area contributed by atoms with Crippen molar-refractivity contribution in [1.82, 2.24) is 9.88 Å². The van der Waals surface area contributed by atoms with Crippen LogP contribution >= 0.6 is 0 Å². The molecule has 2 atom stereocenters. The molecule has 0 saturated carbocycles. The number of nitrogens with zero attached hydrogens (tertiary/aromatic N) is 2. The summed E-state index contributed by atoms with van der Waals surface area (Å²) in [5.41, 5.74) is 7.95. The molecule has 0 radical (unpaired) electrons. The van der Waals surface area contributed by atoms with E-state index >= 15 is 0 Å². The number of pyridine rings is 1. The first-order chi connectivity index (χ1) is 8.20. The molecular weight excluding hydrogens is 210 g/mol. The van der Waals surface area contributed by atoms with Gasteiger partial charge in [0.25, 0.3) is 0 Å². The van der Waals surface area contributed by atoms with Gasteiger partial charge in [-0.15, -0.1) is 0 Å². The lowest BCUT2D eigenvalue weighted by Gasteiger charge is -2.39. The summed E-state index contributed by atoms with van der Waals surface area (Å²) in [6.45, 7) is 6.22. The van der Waals surface area contributed by atoms with Crippen LogP contribution in [0, 0.1) is 0 Å². The number of likely N-dealkylation sites (tertiary alicyclic amines) is 1. The molecule has 1 aliphatic rings. The number of piperidine rings is 1. The minimum Gasteiger partial charge on any atom is -0.325 e. The lowest BCUT2D eigenvalue weighted by Crippen LogP contribution is -2.42. The van der Waals surface area contributed by atoms with E-state index in [0.29, 0.717) is 18.6 Å². The zero-order chi connectivity index (χ0) is 12.3. The summed E-state index contributed by atoms with van der Waals surface area (Å²) in [6.07, 6.45) is 5.87. The topological polar surface area (TPSA) is 42.2 Å². The van der Waals surface area contributed by atoms with Gasteiger partial charge in [0.1, 0.15) is 0 Å². The van der Waals surface area contributed by atoms with Crippen molar-refractivity contribution < 1.29 is 0 Å². The van der Waals surface area contributed by atoms with Crippen LogP contribution in [0.25, 0.3) is 0 Å². The molecule has 2 unspecified atom stereocenters. The van der Waals surface area contributed by atoms with Crippen molar-refractivity contribution in [2.45, 2.75) is 58.3 Å². The van der Waals surface area contributed by atoms with Crippen molar-refractivity contribution in [3.63, 3.8) is 0 Å². The van der Waals surface area contributed by atoms with E-state index in [4.69, 9.17) is 5.73 Å². The van der Waals surface area contributed by atoms with Crippen LogP contribution < -0.4 is 5.73 Å². The number of hydrogen-bond donors (Lipinski definition) is 1. The molecule has 0 bridgehead atoms. The predicted octanol–water partition coefficient (Wildman–Crippen LogP) is 2.30. The second kappa shape index (κ2) is 5.61. The van der Waals surface area contributed by atoms with Crippen molar-refractivity contribution in [2.24, 2.45) is 5.73 Å². The SMILES string of the molecule is CC1CCCC(C)N1Cc1ccnc(CN)c1. The average Bonchev–Trinajstić information content (AvgIpc) is 2.34. The Morgan fingerprint density at radius 1 is 1.35 bits per heavy atom. The highest BCUT2D eigenvalue weighted by Gasteiger charge is 2.24. The Morgan fingerprint density at radius 2 is 2.06 bits per heavy atom. The Bertz CT molecular complexity index is 354. The number of hydrogen-bond acceptors (Lipinski definition) is 3. The molecule has 1 fully saturated rings. The zero-order valence-corrected chi connectivity index (χ0v) is 10.9. The molecule has 0 spiro atoms. The van der Waals surface area contributed by atoms with Crippen LogP contribution in [0.5, 0.6) is 0 Å². The van der Waals surface area contributed by atoms with Crippen LogP contribution in [0.3, 0.4) is 0 Å². The fourth-order valence-electron chi connectivity index (χ4n) is 2.74. The molecule has 2 heterocycles. The second-order valence-electron chi connectivity index (χ2n) is 5.16. The molecule has 3 nitrogen and oxygen atoms in total. The number of rotatable bonds is 3. The molecule has 1 aromatic rings. The first kappa shape index (κ1) is 12.5. The van der Waals surface area contributed by atoms with Crippen LogP contribution in [0.2, 0.25) is 0 Å². The molecule has 2 N–H and O–H groups in total. The van der Waals surface area contributed by atoms with E-state index in [1.54, 1.807) is 0 Å². The van der Waals surface area contributed by atoms with Crippen LogP contribution in [0.1, 0.15) is 44.4 Å². The molecular formula is C14H23N3. The molecule has 17 heavy (non-hydrogen) atoms. The van der Waals surface area contributed by atoms with Gasteiger partial charge in [-0.05, 0) is 44.4 Å². The highest BCUT2D eigenvalue weighted by atomic mass is 15.2. The normalized spacial score (nSPS) is 26.1. The molecule has 0 amide bonds. The minimum absolute atomic E-state index is 0.527. The fraction of sp³-hybridized carbons (Fsp3) is 0.643. The summed E-state index contributed by atoms with van der Waals surface area (Å²) in [5, 5.41) is 0. The third kappa shape index (κ3) is 3.05. The summed E-state index contributed by atoms with van der Waals surface area (Å²) in [4.78, 5) is 6.84. The van der Waals surface area contributed by atoms with Gasteiger partial charge in [0.2, 0.25) is 0 Å². The first-order valence-corrected chi connectivity index (χ1v) is 6.60. The lowest BCUT2D eigenvalue weighted by molar-refractivity contribution is 0.0952. The lowest BCUT2D eigenvalue weighted by atomic mass is 9.97. The van der Waals surface area contributed by atoms with Gasteiger partial charge in [-0.25, -0.2) is 0 Å². The molecule has 0 aromatic carbocycles. The summed E-state index contributed by atoms with van der Waals surface area (Å²) >= 11 is 0. The Kier molecular flexibility index (Phi) is 4.13. The summed E-state index contributed by atoms with van der Waals surface area (Å²) < 4.78 is 0. The quantitative estimate of drug-likeness (QED) is 0.871. The highest BCUT2D eigenvalue weighted by Crippen LogP contribution is 2.24. The number of nitrogens with two attached hydrogens (primary N) is 1. The molecule has 3 heteroatoms. The Labute approximate surface area is 104 Å². The van der Waals surface area contributed by atoms with Gasteiger partial charge in [0.15, 0.2) is 0 Å². The maximum atomic E-state index is 5.63. The zero-order valence-electron chi connectivity index (χ0n) is 10.9. The average molecular weight is 233 g/mol. The maximum Gasteiger partial charge on any atom is 0.0542 e.